The van der Waals surface area contributed by atoms with E-state index >= 15 is 0 Å². The Bertz CT molecular complexity index is 552. The minimum absolute atomic E-state index is 0.00872. The molecule has 0 spiro atoms. The van der Waals surface area contributed by atoms with Gasteiger partial charge in [-0.15, -0.1) is 0 Å². The van der Waals surface area contributed by atoms with Gasteiger partial charge in [0.15, 0.2) is 5.76 Å². The lowest BCUT2D eigenvalue weighted by atomic mass is 10.1. The van der Waals surface area contributed by atoms with E-state index in [0.717, 1.165) is 39.0 Å². The molecule has 0 saturated carbocycles. The van der Waals surface area contributed by atoms with Gasteiger partial charge >= 0.3 is 0 Å². The SMILES string of the molecule is CC(NC(=O)c1ccco1)C(=O)N1CCCC1CN1CCCCC1. The number of amides is 2. The van der Waals surface area contributed by atoms with Crippen molar-refractivity contribution < 1.29 is 14.0 Å². The van der Waals surface area contributed by atoms with Crippen LogP contribution in [0.2, 0.25) is 0 Å². The van der Waals surface area contributed by atoms with E-state index in [-0.39, 0.29) is 23.6 Å². The van der Waals surface area contributed by atoms with Gasteiger partial charge < -0.3 is 19.5 Å². The third kappa shape index (κ3) is 3.98. The molecule has 132 valence electrons. The zero-order chi connectivity index (χ0) is 16.9. The summed E-state index contributed by atoms with van der Waals surface area (Å²) in [5.74, 6) is -0.0945. The minimum Gasteiger partial charge on any atom is -0.459 e. The molecule has 6 heteroatoms. The molecule has 0 aromatic carbocycles. The minimum atomic E-state index is -0.537. The van der Waals surface area contributed by atoms with Crippen LogP contribution in [0, 0.1) is 0 Å². The Kier molecular flexibility index (Phi) is 5.56. The summed E-state index contributed by atoms with van der Waals surface area (Å²) in [6.07, 6.45) is 7.40. The number of furan rings is 1. The standard InChI is InChI=1S/C18H27N3O3/c1-14(19-17(22)16-8-6-12-24-16)18(23)21-11-5-7-15(21)13-20-9-3-2-4-10-20/h6,8,12,14-15H,2-5,7,9-11,13H2,1H3,(H,19,22). The van der Waals surface area contributed by atoms with E-state index in [4.69, 9.17) is 4.42 Å². The highest BCUT2D eigenvalue weighted by Crippen LogP contribution is 2.21. The Balaban J connectivity index is 1.55. The number of piperidine rings is 1. The summed E-state index contributed by atoms with van der Waals surface area (Å²) in [7, 11) is 0. The van der Waals surface area contributed by atoms with Crippen molar-refractivity contribution in [2.24, 2.45) is 0 Å². The lowest BCUT2D eigenvalue weighted by molar-refractivity contribution is -0.134. The van der Waals surface area contributed by atoms with E-state index in [0.29, 0.717) is 0 Å². The number of nitrogens with zero attached hydrogens (tertiary/aromatic N) is 2. The third-order valence-corrected chi connectivity index (χ3v) is 5.04. The largest absolute Gasteiger partial charge is 0.459 e. The van der Waals surface area contributed by atoms with Crippen LogP contribution in [0.5, 0.6) is 0 Å². The fraction of sp³-hybridized carbons (Fsp3) is 0.667. The Labute approximate surface area is 143 Å². The average molecular weight is 333 g/mol. The predicted octanol–water partition coefficient (Wildman–Crippen LogP) is 1.87. The van der Waals surface area contributed by atoms with Crippen molar-refractivity contribution in [3.8, 4) is 0 Å². The molecule has 3 heterocycles. The van der Waals surface area contributed by atoms with Crippen LogP contribution in [0.15, 0.2) is 22.8 Å². The molecule has 1 aromatic rings. The van der Waals surface area contributed by atoms with Gasteiger partial charge in [0.1, 0.15) is 6.04 Å². The van der Waals surface area contributed by atoms with Crippen LogP contribution in [0.3, 0.4) is 0 Å². The summed E-state index contributed by atoms with van der Waals surface area (Å²) >= 11 is 0. The quantitative estimate of drug-likeness (QED) is 0.893. The van der Waals surface area contributed by atoms with Crippen molar-refractivity contribution in [2.75, 3.05) is 26.2 Å². The lowest BCUT2D eigenvalue weighted by Crippen LogP contribution is -2.51. The van der Waals surface area contributed by atoms with Crippen LogP contribution in [0.25, 0.3) is 0 Å². The first kappa shape index (κ1) is 17.0. The first-order chi connectivity index (χ1) is 11.6. The summed E-state index contributed by atoms with van der Waals surface area (Å²) in [5.41, 5.74) is 0. The molecule has 2 aliphatic heterocycles. The highest BCUT2D eigenvalue weighted by Gasteiger charge is 2.33. The van der Waals surface area contributed by atoms with Crippen molar-refractivity contribution >= 4 is 11.8 Å². The summed E-state index contributed by atoms with van der Waals surface area (Å²) in [6.45, 7) is 5.79. The van der Waals surface area contributed by atoms with Crippen molar-refractivity contribution in [3.63, 3.8) is 0 Å². The number of likely N-dealkylation sites (tertiary alicyclic amines) is 2. The van der Waals surface area contributed by atoms with Gasteiger partial charge in [-0.1, -0.05) is 6.42 Å². The Morgan fingerprint density at radius 1 is 1.25 bits per heavy atom. The van der Waals surface area contributed by atoms with E-state index in [1.165, 1.54) is 25.5 Å². The van der Waals surface area contributed by atoms with E-state index in [2.05, 4.69) is 10.2 Å². The van der Waals surface area contributed by atoms with Crippen LogP contribution in [0.1, 0.15) is 49.6 Å². The van der Waals surface area contributed by atoms with Crippen molar-refractivity contribution in [1.82, 2.24) is 15.1 Å². The molecule has 6 nitrogen and oxygen atoms in total. The second kappa shape index (κ2) is 7.83. The molecular weight excluding hydrogens is 306 g/mol. The number of carbonyl (C=O) groups excluding carboxylic acids is 2. The van der Waals surface area contributed by atoms with Crippen molar-refractivity contribution in [3.05, 3.63) is 24.2 Å². The van der Waals surface area contributed by atoms with E-state index in [1.54, 1.807) is 19.1 Å². The second-order valence-corrected chi connectivity index (χ2v) is 6.86. The monoisotopic (exact) mass is 333 g/mol. The fourth-order valence-electron chi connectivity index (χ4n) is 3.74. The Morgan fingerprint density at radius 2 is 2.04 bits per heavy atom. The highest BCUT2D eigenvalue weighted by molar-refractivity contribution is 5.95. The zero-order valence-corrected chi connectivity index (χ0v) is 14.4. The topological polar surface area (TPSA) is 65.8 Å². The Hall–Kier alpha value is -1.82. The molecule has 2 fully saturated rings. The molecule has 0 radical (unpaired) electrons. The van der Waals surface area contributed by atoms with Gasteiger partial charge in [-0.3, -0.25) is 9.59 Å². The highest BCUT2D eigenvalue weighted by atomic mass is 16.3. The van der Waals surface area contributed by atoms with Gasteiger partial charge in [0.25, 0.3) is 5.91 Å². The van der Waals surface area contributed by atoms with Gasteiger partial charge in [0, 0.05) is 19.1 Å². The molecule has 2 saturated heterocycles. The number of carbonyl (C=O) groups is 2. The lowest BCUT2D eigenvalue weighted by Gasteiger charge is -2.34. The van der Waals surface area contributed by atoms with Crippen molar-refractivity contribution in [2.45, 2.75) is 51.1 Å². The van der Waals surface area contributed by atoms with Gasteiger partial charge in [-0.25, -0.2) is 0 Å². The maximum absolute atomic E-state index is 12.8. The van der Waals surface area contributed by atoms with Gasteiger partial charge in [0.2, 0.25) is 5.91 Å². The maximum Gasteiger partial charge on any atom is 0.287 e. The first-order valence-corrected chi connectivity index (χ1v) is 9.02. The van der Waals surface area contributed by atoms with Crippen LogP contribution in [0.4, 0.5) is 0 Å². The first-order valence-electron chi connectivity index (χ1n) is 9.02. The van der Waals surface area contributed by atoms with Crippen LogP contribution in [-0.4, -0.2) is 59.9 Å². The molecule has 3 rings (SSSR count). The maximum atomic E-state index is 12.8. The Morgan fingerprint density at radius 3 is 2.75 bits per heavy atom. The predicted molar refractivity (Wildman–Crippen MR) is 90.7 cm³/mol. The van der Waals surface area contributed by atoms with Gasteiger partial charge in [0.05, 0.1) is 6.26 Å². The molecule has 2 unspecified atom stereocenters. The molecule has 1 aromatic heterocycles. The number of nitrogens with one attached hydrogen (secondary N) is 1. The summed E-state index contributed by atoms with van der Waals surface area (Å²) < 4.78 is 5.08. The fourth-order valence-corrected chi connectivity index (χ4v) is 3.74. The summed E-state index contributed by atoms with van der Waals surface area (Å²) in [6, 6.07) is 3.00. The third-order valence-electron chi connectivity index (χ3n) is 5.04. The van der Waals surface area contributed by atoms with E-state index in [9.17, 15) is 9.59 Å². The average Bonchev–Trinajstić information content (AvgIpc) is 3.27. The molecular formula is C18H27N3O3. The molecule has 0 bridgehead atoms. The van der Waals surface area contributed by atoms with Crippen LogP contribution < -0.4 is 5.32 Å². The second-order valence-electron chi connectivity index (χ2n) is 6.86. The number of hydrogen-bond donors (Lipinski definition) is 1. The van der Waals surface area contributed by atoms with Gasteiger partial charge in [-0.05, 0) is 57.8 Å². The summed E-state index contributed by atoms with van der Waals surface area (Å²) in [4.78, 5) is 29.3. The normalized spacial score (nSPS) is 23.2. The molecule has 1 N–H and O–H groups in total. The summed E-state index contributed by atoms with van der Waals surface area (Å²) in [5, 5.41) is 2.75. The number of hydrogen-bond acceptors (Lipinski definition) is 4. The smallest absolute Gasteiger partial charge is 0.287 e. The van der Waals surface area contributed by atoms with Gasteiger partial charge in [-0.2, -0.15) is 0 Å². The zero-order valence-electron chi connectivity index (χ0n) is 14.4. The molecule has 0 aliphatic carbocycles. The van der Waals surface area contributed by atoms with Crippen molar-refractivity contribution in [1.29, 1.82) is 0 Å². The molecule has 2 amide bonds. The van der Waals surface area contributed by atoms with Crippen LogP contribution in [-0.2, 0) is 4.79 Å². The van der Waals surface area contributed by atoms with E-state index in [1.807, 2.05) is 4.90 Å². The van der Waals surface area contributed by atoms with E-state index < -0.39 is 6.04 Å². The number of rotatable bonds is 5. The molecule has 24 heavy (non-hydrogen) atoms. The molecule has 2 atom stereocenters. The van der Waals surface area contributed by atoms with Crippen LogP contribution >= 0.6 is 0 Å². The molecule has 2 aliphatic rings.